The Morgan fingerprint density at radius 2 is 2.21 bits per heavy atom. The summed E-state index contributed by atoms with van der Waals surface area (Å²) in [6, 6.07) is -0.290. The fraction of sp³-hybridized carbons (Fsp3) is 0.667. The molecule has 1 aromatic heterocycles. The van der Waals surface area contributed by atoms with Gasteiger partial charge in [-0.15, -0.1) is 0 Å². The van der Waals surface area contributed by atoms with Gasteiger partial charge in [-0.1, -0.05) is 0 Å². The number of rotatable bonds is 5. The van der Waals surface area contributed by atoms with Crippen molar-refractivity contribution in [3.8, 4) is 0 Å². The molecule has 0 aliphatic carbocycles. The number of hydrogen-bond acceptors (Lipinski definition) is 7. The van der Waals surface area contributed by atoms with Crippen molar-refractivity contribution in [2.45, 2.75) is 31.4 Å². The lowest BCUT2D eigenvalue weighted by Gasteiger charge is -2.22. The third kappa shape index (κ3) is 4.02. The van der Waals surface area contributed by atoms with Crippen LogP contribution >= 0.6 is 0 Å². The Morgan fingerprint density at radius 1 is 1.38 bits per heavy atom. The van der Waals surface area contributed by atoms with Crippen molar-refractivity contribution in [1.82, 2.24) is 14.9 Å². The Labute approximate surface area is 141 Å². The molecule has 1 aromatic rings. The second-order valence-corrected chi connectivity index (χ2v) is 8.50. The van der Waals surface area contributed by atoms with E-state index in [9.17, 15) is 13.2 Å². The molecular weight excluding hydrogens is 332 g/mol. The SMILES string of the molecule is CN(C(=O)c1cnc(NCC2CCCO2)cn1)C1CCS(=O)(=O)C1. The molecule has 0 aromatic carbocycles. The predicted molar refractivity (Wildman–Crippen MR) is 88.6 cm³/mol. The molecule has 1 N–H and O–H groups in total. The van der Waals surface area contributed by atoms with Crippen molar-refractivity contribution < 1.29 is 17.9 Å². The van der Waals surface area contributed by atoms with Crippen molar-refractivity contribution >= 4 is 21.6 Å². The minimum atomic E-state index is -3.03. The molecule has 9 heteroatoms. The van der Waals surface area contributed by atoms with Crippen molar-refractivity contribution in [2.24, 2.45) is 0 Å². The first-order valence-electron chi connectivity index (χ1n) is 8.10. The van der Waals surface area contributed by atoms with E-state index in [2.05, 4.69) is 15.3 Å². The Morgan fingerprint density at radius 3 is 2.79 bits per heavy atom. The van der Waals surface area contributed by atoms with Crippen molar-refractivity contribution in [1.29, 1.82) is 0 Å². The number of nitrogens with one attached hydrogen (secondary N) is 1. The van der Waals surface area contributed by atoms with Gasteiger partial charge in [-0.2, -0.15) is 0 Å². The molecule has 2 saturated heterocycles. The Hall–Kier alpha value is -1.74. The summed E-state index contributed by atoms with van der Waals surface area (Å²) >= 11 is 0. The molecule has 2 atom stereocenters. The first kappa shape index (κ1) is 17.1. The molecule has 0 bridgehead atoms. The molecule has 8 nitrogen and oxygen atoms in total. The van der Waals surface area contributed by atoms with E-state index in [1.54, 1.807) is 7.05 Å². The van der Waals surface area contributed by atoms with Gasteiger partial charge in [0.1, 0.15) is 11.5 Å². The van der Waals surface area contributed by atoms with Crippen molar-refractivity contribution in [3.05, 3.63) is 18.1 Å². The van der Waals surface area contributed by atoms with Gasteiger partial charge in [0.2, 0.25) is 0 Å². The summed E-state index contributed by atoms with van der Waals surface area (Å²) in [5, 5.41) is 3.14. The van der Waals surface area contributed by atoms with Gasteiger partial charge in [0.25, 0.3) is 5.91 Å². The maximum atomic E-state index is 12.4. The largest absolute Gasteiger partial charge is 0.376 e. The molecule has 0 saturated carbocycles. The summed E-state index contributed by atoms with van der Waals surface area (Å²) in [5.74, 6) is 0.431. The molecule has 3 rings (SSSR count). The summed E-state index contributed by atoms with van der Waals surface area (Å²) < 4.78 is 28.6. The average molecular weight is 354 g/mol. The normalized spacial score (nSPS) is 25.5. The highest BCUT2D eigenvalue weighted by Crippen LogP contribution is 2.18. The predicted octanol–water partition coefficient (Wildman–Crippen LogP) is 0.327. The van der Waals surface area contributed by atoms with E-state index in [1.807, 2.05) is 0 Å². The van der Waals surface area contributed by atoms with Gasteiger partial charge in [-0.3, -0.25) is 4.79 Å². The molecular formula is C15H22N4O4S. The smallest absolute Gasteiger partial charge is 0.274 e. The topological polar surface area (TPSA) is 101 Å². The molecule has 2 unspecified atom stereocenters. The summed E-state index contributed by atoms with van der Waals surface area (Å²) in [6.07, 6.45) is 5.71. The summed E-state index contributed by atoms with van der Waals surface area (Å²) in [7, 11) is -1.42. The molecule has 1 amide bonds. The van der Waals surface area contributed by atoms with Gasteiger partial charge >= 0.3 is 0 Å². The second-order valence-electron chi connectivity index (χ2n) is 6.28. The van der Waals surface area contributed by atoms with Gasteiger partial charge < -0.3 is 15.0 Å². The fourth-order valence-electron chi connectivity index (χ4n) is 2.98. The van der Waals surface area contributed by atoms with Gasteiger partial charge in [-0.25, -0.2) is 18.4 Å². The third-order valence-electron chi connectivity index (χ3n) is 4.48. The van der Waals surface area contributed by atoms with Crippen LogP contribution in [0.3, 0.4) is 0 Å². The zero-order chi connectivity index (χ0) is 17.2. The van der Waals surface area contributed by atoms with Crippen LogP contribution in [0.15, 0.2) is 12.4 Å². The lowest BCUT2D eigenvalue weighted by molar-refractivity contribution is 0.0741. The molecule has 2 aliphatic heterocycles. The van der Waals surface area contributed by atoms with Gasteiger partial charge in [0.05, 0.1) is 30.0 Å². The van der Waals surface area contributed by atoms with E-state index < -0.39 is 9.84 Å². The maximum absolute atomic E-state index is 12.4. The van der Waals surface area contributed by atoms with E-state index in [0.29, 0.717) is 18.8 Å². The van der Waals surface area contributed by atoms with Crippen molar-refractivity contribution in [3.63, 3.8) is 0 Å². The number of sulfone groups is 1. The number of aromatic nitrogens is 2. The summed E-state index contributed by atoms with van der Waals surface area (Å²) in [4.78, 5) is 22.2. The highest BCUT2D eigenvalue weighted by molar-refractivity contribution is 7.91. The van der Waals surface area contributed by atoms with E-state index in [0.717, 1.165) is 19.4 Å². The number of carbonyl (C=O) groups is 1. The second kappa shape index (κ2) is 7.02. The number of anilines is 1. The van der Waals surface area contributed by atoms with E-state index >= 15 is 0 Å². The summed E-state index contributed by atoms with van der Waals surface area (Å²) in [6.45, 7) is 1.47. The minimum Gasteiger partial charge on any atom is -0.376 e. The molecule has 3 heterocycles. The average Bonchev–Trinajstić information content (AvgIpc) is 3.21. The van der Waals surface area contributed by atoms with Crippen LogP contribution < -0.4 is 5.32 Å². The number of carbonyl (C=O) groups excluding carboxylic acids is 1. The molecule has 2 aliphatic rings. The van der Waals surface area contributed by atoms with Gasteiger partial charge in [-0.05, 0) is 19.3 Å². The third-order valence-corrected chi connectivity index (χ3v) is 6.23. The van der Waals surface area contributed by atoms with E-state index in [-0.39, 0.29) is 35.3 Å². The lowest BCUT2D eigenvalue weighted by atomic mass is 10.2. The van der Waals surface area contributed by atoms with Crippen LogP contribution in [0.4, 0.5) is 5.82 Å². The van der Waals surface area contributed by atoms with E-state index in [1.165, 1.54) is 17.3 Å². The maximum Gasteiger partial charge on any atom is 0.274 e. The number of ether oxygens (including phenoxy) is 1. The first-order valence-corrected chi connectivity index (χ1v) is 9.92. The highest BCUT2D eigenvalue weighted by atomic mass is 32.2. The summed E-state index contributed by atoms with van der Waals surface area (Å²) in [5.41, 5.74) is 0.212. The van der Waals surface area contributed by atoms with Crippen molar-refractivity contribution in [2.75, 3.05) is 37.0 Å². The molecule has 2 fully saturated rings. The number of nitrogens with zero attached hydrogens (tertiary/aromatic N) is 3. The van der Waals surface area contributed by atoms with Crippen LogP contribution in [0.2, 0.25) is 0 Å². The zero-order valence-electron chi connectivity index (χ0n) is 13.6. The zero-order valence-corrected chi connectivity index (χ0v) is 14.5. The highest BCUT2D eigenvalue weighted by Gasteiger charge is 2.33. The Balaban J connectivity index is 1.57. The van der Waals surface area contributed by atoms with Crippen LogP contribution in [0.1, 0.15) is 29.8 Å². The Kier molecular flexibility index (Phi) is 5.00. The molecule has 0 radical (unpaired) electrons. The van der Waals surface area contributed by atoms with Crippen LogP contribution in [0.25, 0.3) is 0 Å². The lowest BCUT2D eigenvalue weighted by Crippen LogP contribution is -2.38. The molecule has 0 spiro atoms. The number of hydrogen-bond donors (Lipinski definition) is 1. The molecule has 24 heavy (non-hydrogen) atoms. The van der Waals surface area contributed by atoms with Gasteiger partial charge in [0.15, 0.2) is 9.84 Å². The standard InChI is InChI=1S/C15H22N4O4S/c1-19(11-4-6-24(21,22)10-11)15(20)13-8-18-14(9-16-13)17-7-12-3-2-5-23-12/h8-9,11-12H,2-7,10H2,1H3,(H,17,18). The molecule has 132 valence electrons. The fourth-order valence-corrected chi connectivity index (χ4v) is 4.76. The van der Waals surface area contributed by atoms with E-state index in [4.69, 9.17) is 4.74 Å². The van der Waals surface area contributed by atoms with Crippen LogP contribution in [-0.2, 0) is 14.6 Å². The number of amides is 1. The monoisotopic (exact) mass is 354 g/mol. The van der Waals surface area contributed by atoms with Gasteiger partial charge in [0, 0.05) is 26.2 Å². The van der Waals surface area contributed by atoms with Crippen LogP contribution in [-0.4, -0.2) is 73.0 Å². The van der Waals surface area contributed by atoms with Crippen LogP contribution in [0, 0.1) is 0 Å². The van der Waals surface area contributed by atoms with Crippen LogP contribution in [0.5, 0.6) is 0 Å². The Bertz CT molecular complexity index is 686. The minimum absolute atomic E-state index is 0.0176. The first-order chi connectivity index (χ1) is 11.4. The quantitative estimate of drug-likeness (QED) is 0.813.